The van der Waals surface area contributed by atoms with Crippen LogP contribution in [-0.2, 0) is 6.42 Å². The second-order valence-corrected chi connectivity index (χ2v) is 5.70. The molecule has 0 aliphatic heterocycles. The molecule has 94 valence electrons. The number of alkyl halides is 3. The van der Waals surface area contributed by atoms with Crippen molar-refractivity contribution < 1.29 is 13.2 Å². The number of rotatable bonds is 4. The van der Waals surface area contributed by atoms with Gasteiger partial charge in [-0.05, 0) is 41.3 Å². The van der Waals surface area contributed by atoms with Gasteiger partial charge in [0, 0.05) is 4.90 Å². The summed E-state index contributed by atoms with van der Waals surface area (Å²) in [6.07, 6.45) is 2.62. The van der Waals surface area contributed by atoms with Crippen LogP contribution in [-0.4, -0.2) is 5.51 Å². The minimum absolute atomic E-state index is 0.0430. The third-order valence-corrected chi connectivity index (χ3v) is 3.11. The summed E-state index contributed by atoms with van der Waals surface area (Å²) in [5.74, 6) is 0. The van der Waals surface area contributed by atoms with Crippen molar-refractivity contribution in [2.45, 2.75) is 30.7 Å². The Bertz CT molecular complexity index is 377. The Hall–Kier alpha value is -0.900. The van der Waals surface area contributed by atoms with Crippen molar-refractivity contribution in [3.8, 4) is 0 Å². The maximum Gasteiger partial charge on any atom is 0.446 e. The summed E-state index contributed by atoms with van der Waals surface area (Å²) in [5.41, 5.74) is -3.25. The third-order valence-electron chi connectivity index (χ3n) is 2.37. The van der Waals surface area contributed by atoms with Crippen LogP contribution in [0, 0.1) is 5.41 Å². The molecule has 0 bridgehead atoms. The van der Waals surface area contributed by atoms with Crippen LogP contribution in [0.15, 0.2) is 41.8 Å². The van der Waals surface area contributed by atoms with E-state index in [1.807, 2.05) is 19.9 Å². The summed E-state index contributed by atoms with van der Waals surface area (Å²) in [5, 5.41) is 0. The van der Waals surface area contributed by atoms with Crippen molar-refractivity contribution in [1.29, 1.82) is 0 Å². The quantitative estimate of drug-likeness (QED) is 0.539. The van der Waals surface area contributed by atoms with Gasteiger partial charge in [-0.1, -0.05) is 32.1 Å². The summed E-state index contributed by atoms with van der Waals surface area (Å²) >= 11 is -0.0870. The van der Waals surface area contributed by atoms with Gasteiger partial charge in [-0.15, -0.1) is 6.58 Å². The molecule has 0 fully saturated rings. The molecule has 0 atom stereocenters. The lowest BCUT2D eigenvalue weighted by atomic mass is 9.86. The molecular weight excluding hydrogens is 245 g/mol. The summed E-state index contributed by atoms with van der Waals surface area (Å²) < 4.78 is 36.4. The van der Waals surface area contributed by atoms with Gasteiger partial charge in [0.2, 0.25) is 0 Å². The number of hydrogen-bond donors (Lipinski definition) is 0. The lowest BCUT2D eigenvalue weighted by Crippen LogP contribution is -2.10. The topological polar surface area (TPSA) is 0 Å². The average Bonchev–Trinajstić information content (AvgIpc) is 2.19. The molecule has 1 aromatic rings. The first-order chi connectivity index (χ1) is 7.72. The number of halogens is 3. The van der Waals surface area contributed by atoms with E-state index in [-0.39, 0.29) is 22.1 Å². The largest absolute Gasteiger partial charge is 0.446 e. The fraction of sp³-hybridized carbons (Fsp3) is 0.385. The number of benzene rings is 1. The Morgan fingerprint density at radius 3 is 2.12 bits per heavy atom. The van der Waals surface area contributed by atoms with E-state index in [2.05, 4.69) is 6.58 Å². The maximum atomic E-state index is 12.1. The summed E-state index contributed by atoms with van der Waals surface area (Å²) in [6, 6.07) is 6.48. The number of hydrogen-bond acceptors (Lipinski definition) is 1. The zero-order valence-corrected chi connectivity index (χ0v) is 10.7. The molecule has 1 rings (SSSR count). The first-order valence-electron chi connectivity index (χ1n) is 5.20. The van der Waals surface area contributed by atoms with Gasteiger partial charge in [0.25, 0.3) is 0 Å². The van der Waals surface area contributed by atoms with Gasteiger partial charge in [0.15, 0.2) is 0 Å². The molecule has 0 saturated heterocycles. The van der Waals surface area contributed by atoms with Crippen LogP contribution in [0.25, 0.3) is 0 Å². The molecule has 1 aromatic carbocycles. The summed E-state index contributed by atoms with van der Waals surface area (Å²) in [4.78, 5) is 0.220. The van der Waals surface area contributed by atoms with Gasteiger partial charge in [0.1, 0.15) is 0 Å². The van der Waals surface area contributed by atoms with Gasteiger partial charge in [-0.3, -0.25) is 0 Å². The first-order valence-corrected chi connectivity index (χ1v) is 6.02. The Morgan fingerprint density at radius 2 is 1.71 bits per heavy atom. The van der Waals surface area contributed by atoms with Crippen molar-refractivity contribution >= 4 is 11.8 Å². The Morgan fingerprint density at radius 1 is 1.18 bits per heavy atom. The van der Waals surface area contributed by atoms with Gasteiger partial charge in [0.05, 0.1) is 0 Å². The van der Waals surface area contributed by atoms with E-state index >= 15 is 0 Å². The molecule has 0 aliphatic carbocycles. The van der Waals surface area contributed by atoms with Gasteiger partial charge in [-0.2, -0.15) is 13.2 Å². The predicted octanol–water partition coefficient (Wildman–Crippen LogP) is 5.05. The monoisotopic (exact) mass is 260 g/mol. The zero-order chi connectivity index (χ0) is 13.1. The molecule has 0 saturated carbocycles. The van der Waals surface area contributed by atoms with Gasteiger partial charge < -0.3 is 0 Å². The fourth-order valence-corrected chi connectivity index (χ4v) is 1.95. The van der Waals surface area contributed by atoms with Crippen molar-refractivity contribution in [2.75, 3.05) is 0 Å². The molecule has 0 nitrogen and oxygen atoms in total. The first kappa shape index (κ1) is 14.2. The highest BCUT2D eigenvalue weighted by Crippen LogP contribution is 2.37. The minimum atomic E-state index is -4.22. The summed E-state index contributed by atoms with van der Waals surface area (Å²) in [7, 11) is 0. The van der Waals surface area contributed by atoms with Gasteiger partial charge in [-0.25, -0.2) is 0 Å². The Balaban J connectivity index is 2.72. The molecular formula is C13H15F3S. The highest BCUT2D eigenvalue weighted by atomic mass is 32.2. The minimum Gasteiger partial charge on any atom is -0.160 e. The predicted molar refractivity (Wildman–Crippen MR) is 66.0 cm³/mol. The molecule has 0 N–H and O–H groups in total. The van der Waals surface area contributed by atoms with E-state index in [1.165, 1.54) is 12.1 Å². The van der Waals surface area contributed by atoms with Crippen molar-refractivity contribution in [3.05, 3.63) is 42.5 Å². The highest BCUT2D eigenvalue weighted by molar-refractivity contribution is 8.00. The van der Waals surface area contributed by atoms with E-state index in [0.29, 0.717) is 0 Å². The smallest absolute Gasteiger partial charge is 0.160 e. The van der Waals surface area contributed by atoms with Crippen LogP contribution in [0.4, 0.5) is 13.2 Å². The standard InChI is InChI=1S/C13H15F3S/c1-4-12(2,3)9-10-5-7-11(8-6-10)17-13(14,15)16/h4-8H,1,9H2,2-3H3. The normalized spacial score (nSPS) is 12.5. The van der Waals surface area contributed by atoms with Crippen LogP contribution in [0.1, 0.15) is 19.4 Å². The van der Waals surface area contributed by atoms with E-state index in [9.17, 15) is 13.2 Å². The second kappa shape index (κ2) is 5.17. The Kier molecular flexibility index (Phi) is 4.31. The maximum absolute atomic E-state index is 12.1. The Labute approximate surface area is 104 Å². The van der Waals surface area contributed by atoms with E-state index in [0.717, 1.165) is 12.0 Å². The number of allylic oxidation sites excluding steroid dienone is 1. The van der Waals surface area contributed by atoms with Crippen molar-refractivity contribution in [2.24, 2.45) is 5.41 Å². The van der Waals surface area contributed by atoms with E-state index in [1.54, 1.807) is 12.1 Å². The van der Waals surface area contributed by atoms with Crippen LogP contribution in [0.2, 0.25) is 0 Å². The van der Waals surface area contributed by atoms with E-state index < -0.39 is 5.51 Å². The number of thioether (sulfide) groups is 1. The van der Waals surface area contributed by atoms with Crippen LogP contribution in [0.5, 0.6) is 0 Å². The zero-order valence-electron chi connectivity index (χ0n) is 9.84. The third kappa shape index (κ3) is 5.31. The summed E-state index contributed by atoms with van der Waals surface area (Å²) in [6.45, 7) is 7.82. The van der Waals surface area contributed by atoms with E-state index in [4.69, 9.17) is 0 Å². The average molecular weight is 260 g/mol. The lowest BCUT2D eigenvalue weighted by molar-refractivity contribution is -0.0328. The second-order valence-electron chi connectivity index (χ2n) is 4.56. The molecule has 0 aliphatic rings. The SMILES string of the molecule is C=CC(C)(C)Cc1ccc(SC(F)(F)F)cc1. The van der Waals surface area contributed by atoms with Crippen LogP contribution in [0.3, 0.4) is 0 Å². The van der Waals surface area contributed by atoms with Crippen LogP contribution >= 0.6 is 11.8 Å². The van der Waals surface area contributed by atoms with Crippen molar-refractivity contribution in [1.82, 2.24) is 0 Å². The molecule has 0 spiro atoms. The lowest BCUT2D eigenvalue weighted by Gasteiger charge is -2.19. The highest BCUT2D eigenvalue weighted by Gasteiger charge is 2.29. The van der Waals surface area contributed by atoms with Crippen molar-refractivity contribution in [3.63, 3.8) is 0 Å². The molecule has 0 aromatic heterocycles. The molecule has 17 heavy (non-hydrogen) atoms. The van der Waals surface area contributed by atoms with Crippen LogP contribution < -0.4 is 0 Å². The molecule has 0 unspecified atom stereocenters. The molecule has 4 heteroatoms. The molecule has 0 radical (unpaired) electrons. The molecule has 0 amide bonds. The molecule has 0 heterocycles. The van der Waals surface area contributed by atoms with Gasteiger partial charge >= 0.3 is 5.51 Å². The fourth-order valence-electron chi connectivity index (χ4n) is 1.41.